The van der Waals surface area contributed by atoms with Crippen molar-refractivity contribution in [3.05, 3.63) is 23.7 Å². The van der Waals surface area contributed by atoms with E-state index >= 15 is 0 Å². The zero-order valence-electron chi connectivity index (χ0n) is 13.7. The first-order valence-corrected chi connectivity index (χ1v) is 10.1. The van der Waals surface area contributed by atoms with Crippen LogP contribution in [-0.2, 0) is 21.1 Å². The second-order valence-corrected chi connectivity index (χ2v) is 8.57. The fraction of sp³-hybridized carbons (Fsp3) is 0.625. The van der Waals surface area contributed by atoms with Gasteiger partial charge in [0.15, 0.2) is 15.6 Å². The van der Waals surface area contributed by atoms with Crippen molar-refractivity contribution in [1.29, 1.82) is 0 Å². The molecule has 2 amide bonds. The van der Waals surface area contributed by atoms with Crippen molar-refractivity contribution < 1.29 is 22.4 Å². The van der Waals surface area contributed by atoms with E-state index in [1.54, 1.807) is 21.9 Å². The average Bonchev–Trinajstić information content (AvgIpc) is 3.20. The Bertz CT molecular complexity index is 731. The number of hydrogen-bond acceptors (Lipinski definition) is 5. The van der Waals surface area contributed by atoms with Crippen LogP contribution in [0.5, 0.6) is 0 Å². The molecule has 1 aromatic rings. The zero-order valence-corrected chi connectivity index (χ0v) is 14.5. The Morgan fingerprint density at radius 2 is 1.83 bits per heavy atom. The molecule has 132 valence electrons. The lowest BCUT2D eigenvalue weighted by Gasteiger charge is -2.35. The van der Waals surface area contributed by atoms with E-state index in [0.717, 1.165) is 12.2 Å². The highest BCUT2D eigenvalue weighted by molar-refractivity contribution is 7.91. The molecule has 0 unspecified atom stereocenters. The summed E-state index contributed by atoms with van der Waals surface area (Å²) in [7, 11) is -3.06. The van der Waals surface area contributed by atoms with Crippen LogP contribution in [0.3, 0.4) is 0 Å². The highest BCUT2D eigenvalue weighted by Crippen LogP contribution is 2.22. The summed E-state index contributed by atoms with van der Waals surface area (Å²) in [5.74, 6) is 0.467. The Morgan fingerprint density at radius 3 is 2.38 bits per heavy atom. The van der Waals surface area contributed by atoms with Crippen LogP contribution in [0.4, 0.5) is 0 Å². The van der Waals surface area contributed by atoms with Gasteiger partial charge in [0.2, 0.25) is 5.91 Å². The van der Waals surface area contributed by atoms with Crippen LogP contribution in [0.2, 0.25) is 0 Å². The van der Waals surface area contributed by atoms with Crippen LogP contribution in [0.25, 0.3) is 0 Å². The zero-order chi connectivity index (χ0) is 17.3. The SMILES string of the molecule is CCc1ccc(C(=O)N2CCN(C(=O)[C@H]3CCS(=O)(=O)C3)CC2)o1. The minimum atomic E-state index is -3.06. The molecule has 2 fully saturated rings. The van der Waals surface area contributed by atoms with E-state index in [9.17, 15) is 18.0 Å². The smallest absolute Gasteiger partial charge is 0.289 e. The van der Waals surface area contributed by atoms with Crippen molar-refractivity contribution in [3.63, 3.8) is 0 Å². The first-order valence-electron chi connectivity index (χ1n) is 8.27. The van der Waals surface area contributed by atoms with Gasteiger partial charge in [-0.25, -0.2) is 8.42 Å². The minimum Gasteiger partial charge on any atom is -0.456 e. The van der Waals surface area contributed by atoms with Crippen LogP contribution in [0, 0.1) is 5.92 Å². The van der Waals surface area contributed by atoms with Gasteiger partial charge < -0.3 is 14.2 Å². The lowest BCUT2D eigenvalue weighted by molar-refractivity contribution is -0.136. The van der Waals surface area contributed by atoms with Gasteiger partial charge in [-0.3, -0.25) is 9.59 Å². The Morgan fingerprint density at radius 1 is 1.17 bits per heavy atom. The van der Waals surface area contributed by atoms with Gasteiger partial charge in [-0.1, -0.05) is 6.92 Å². The molecule has 0 aliphatic carbocycles. The molecule has 7 nitrogen and oxygen atoms in total. The van der Waals surface area contributed by atoms with E-state index in [1.807, 2.05) is 6.92 Å². The number of sulfone groups is 1. The molecule has 1 aromatic heterocycles. The number of aryl methyl sites for hydroxylation is 1. The maximum atomic E-state index is 12.4. The Labute approximate surface area is 141 Å². The van der Waals surface area contributed by atoms with Gasteiger partial charge in [0, 0.05) is 32.6 Å². The van der Waals surface area contributed by atoms with E-state index in [1.165, 1.54) is 0 Å². The largest absolute Gasteiger partial charge is 0.456 e. The number of rotatable bonds is 3. The van der Waals surface area contributed by atoms with Crippen molar-refractivity contribution in [1.82, 2.24) is 9.80 Å². The van der Waals surface area contributed by atoms with E-state index < -0.39 is 15.8 Å². The first-order chi connectivity index (χ1) is 11.4. The number of nitrogens with zero attached hydrogens (tertiary/aromatic N) is 2. The summed E-state index contributed by atoms with van der Waals surface area (Å²) in [6, 6.07) is 3.48. The third kappa shape index (κ3) is 3.48. The fourth-order valence-corrected chi connectivity index (χ4v) is 4.95. The number of piperazine rings is 1. The van der Waals surface area contributed by atoms with E-state index in [0.29, 0.717) is 38.4 Å². The molecule has 0 saturated carbocycles. The molecular formula is C16H22N2O5S. The van der Waals surface area contributed by atoms with Gasteiger partial charge in [-0.15, -0.1) is 0 Å². The lowest BCUT2D eigenvalue weighted by Crippen LogP contribution is -2.52. The van der Waals surface area contributed by atoms with Gasteiger partial charge in [-0.2, -0.15) is 0 Å². The Hall–Kier alpha value is -1.83. The molecule has 24 heavy (non-hydrogen) atoms. The predicted octanol–water partition coefficient (Wildman–Crippen LogP) is 0.561. The topological polar surface area (TPSA) is 87.9 Å². The molecule has 2 aliphatic rings. The number of amides is 2. The second-order valence-electron chi connectivity index (χ2n) is 6.34. The van der Waals surface area contributed by atoms with Crippen LogP contribution < -0.4 is 0 Å². The van der Waals surface area contributed by atoms with Gasteiger partial charge in [0.25, 0.3) is 5.91 Å². The maximum Gasteiger partial charge on any atom is 0.289 e. The third-order valence-corrected chi connectivity index (χ3v) is 6.45. The maximum absolute atomic E-state index is 12.4. The number of carbonyl (C=O) groups is 2. The summed E-state index contributed by atoms with van der Waals surface area (Å²) in [6.07, 6.45) is 1.15. The molecule has 0 spiro atoms. The summed E-state index contributed by atoms with van der Waals surface area (Å²) in [5.41, 5.74) is 0. The molecule has 0 radical (unpaired) electrons. The summed E-state index contributed by atoms with van der Waals surface area (Å²) in [6.45, 7) is 3.70. The molecule has 3 heterocycles. The molecule has 3 rings (SSSR count). The lowest BCUT2D eigenvalue weighted by atomic mass is 10.1. The normalized spacial score (nSPS) is 23.5. The van der Waals surface area contributed by atoms with Gasteiger partial charge >= 0.3 is 0 Å². The summed E-state index contributed by atoms with van der Waals surface area (Å²) in [4.78, 5) is 28.2. The molecule has 0 N–H and O–H groups in total. The first kappa shape index (κ1) is 17.0. The minimum absolute atomic E-state index is 0.0445. The van der Waals surface area contributed by atoms with E-state index in [2.05, 4.69) is 0 Å². The summed E-state index contributed by atoms with van der Waals surface area (Å²) in [5, 5.41) is 0. The Balaban J connectivity index is 1.55. The quantitative estimate of drug-likeness (QED) is 0.791. The molecular weight excluding hydrogens is 332 g/mol. The molecule has 2 saturated heterocycles. The molecule has 2 aliphatic heterocycles. The van der Waals surface area contributed by atoms with Crippen molar-refractivity contribution >= 4 is 21.7 Å². The molecule has 0 aromatic carbocycles. The molecule has 1 atom stereocenters. The number of furan rings is 1. The Kier molecular flexibility index (Phi) is 4.67. The third-order valence-electron chi connectivity index (χ3n) is 4.68. The predicted molar refractivity (Wildman–Crippen MR) is 87.3 cm³/mol. The molecule has 8 heteroatoms. The van der Waals surface area contributed by atoms with Crippen LogP contribution >= 0.6 is 0 Å². The van der Waals surface area contributed by atoms with Crippen molar-refractivity contribution in [2.75, 3.05) is 37.7 Å². The summed E-state index contributed by atoms with van der Waals surface area (Å²) >= 11 is 0. The average molecular weight is 354 g/mol. The van der Waals surface area contributed by atoms with E-state index in [4.69, 9.17) is 4.42 Å². The molecule has 0 bridgehead atoms. The van der Waals surface area contributed by atoms with E-state index in [-0.39, 0.29) is 23.3 Å². The van der Waals surface area contributed by atoms with Gasteiger partial charge in [-0.05, 0) is 18.6 Å². The van der Waals surface area contributed by atoms with Crippen molar-refractivity contribution in [3.8, 4) is 0 Å². The van der Waals surface area contributed by atoms with Crippen molar-refractivity contribution in [2.24, 2.45) is 5.92 Å². The van der Waals surface area contributed by atoms with Crippen LogP contribution in [-0.4, -0.2) is 67.7 Å². The second kappa shape index (κ2) is 6.58. The van der Waals surface area contributed by atoms with Crippen LogP contribution in [0.1, 0.15) is 29.7 Å². The van der Waals surface area contributed by atoms with Crippen molar-refractivity contribution in [2.45, 2.75) is 19.8 Å². The number of carbonyl (C=O) groups excluding carboxylic acids is 2. The monoisotopic (exact) mass is 354 g/mol. The van der Waals surface area contributed by atoms with Gasteiger partial charge in [0.1, 0.15) is 5.76 Å². The fourth-order valence-electron chi connectivity index (χ4n) is 3.22. The highest BCUT2D eigenvalue weighted by atomic mass is 32.2. The summed E-state index contributed by atoms with van der Waals surface area (Å²) < 4.78 is 28.5. The van der Waals surface area contributed by atoms with Gasteiger partial charge in [0.05, 0.1) is 17.4 Å². The number of hydrogen-bond donors (Lipinski definition) is 0. The standard InChI is InChI=1S/C16H22N2O5S/c1-2-13-3-4-14(23-13)16(20)18-8-6-17(7-9-18)15(19)12-5-10-24(21,22)11-12/h3-4,12H,2,5-11H2,1H3/t12-/m0/s1. The van der Waals surface area contributed by atoms with Crippen LogP contribution in [0.15, 0.2) is 16.5 Å². The highest BCUT2D eigenvalue weighted by Gasteiger charge is 2.36.